The second kappa shape index (κ2) is 12.3. The first kappa shape index (κ1) is 26.7. The van der Waals surface area contributed by atoms with E-state index in [0.29, 0.717) is 59.5 Å². The van der Waals surface area contributed by atoms with E-state index < -0.39 is 0 Å². The first-order valence-corrected chi connectivity index (χ1v) is 13.9. The summed E-state index contributed by atoms with van der Waals surface area (Å²) in [6.07, 6.45) is 4.69. The summed E-state index contributed by atoms with van der Waals surface area (Å²) < 4.78 is 20.6. The zero-order chi connectivity index (χ0) is 26.5. The second-order valence-electron chi connectivity index (χ2n) is 9.94. The summed E-state index contributed by atoms with van der Waals surface area (Å²) in [5.41, 5.74) is 2.64. The summed E-state index contributed by atoms with van der Waals surface area (Å²) in [5, 5.41) is 7.03. The van der Waals surface area contributed by atoms with Crippen molar-refractivity contribution in [3.05, 3.63) is 41.6 Å². The molecule has 1 fully saturated rings. The van der Waals surface area contributed by atoms with Crippen molar-refractivity contribution in [2.75, 3.05) is 64.5 Å². The average Bonchev–Trinajstić information content (AvgIpc) is 3.35. The molecule has 1 atom stereocenters. The molecular formula is C26H33FN8O2S. The van der Waals surface area contributed by atoms with Crippen molar-refractivity contribution < 1.29 is 13.9 Å². The van der Waals surface area contributed by atoms with Crippen molar-refractivity contribution >= 4 is 34.5 Å². The summed E-state index contributed by atoms with van der Waals surface area (Å²) >= 11 is 1.41. The first-order valence-electron chi connectivity index (χ1n) is 12.9. The number of fused-ring (bicyclic) bond motifs is 2. The number of thioether (sulfide) groups is 1. The molecule has 2 N–H and O–H groups in total. The molecule has 3 aromatic heterocycles. The van der Waals surface area contributed by atoms with E-state index in [9.17, 15) is 9.18 Å². The Morgan fingerprint density at radius 1 is 1.26 bits per heavy atom. The fourth-order valence-corrected chi connectivity index (χ4v) is 5.37. The quantitative estimate of drug-likeness (QED) is 0.376. The van der Waals surface area contributed by atoms with Crippen molar-refractivity contribution in [2.24, 2.45) is 5.92 Å². The monoisotopic (exact) mass is 540 g/mol. The van der Waals surface area contributed by atoms with Crippen LogP contribution in [0, 0.1) is 11.7 Å². The van der Waals surface area contributed by atoms with Crippen LogP contribution in [-0.4, -0.2) is 94.8 Å². The average molecular weight is 541 g/mol. The number of amides is 1. The predicted molar refractivity (Wildman–Crippen MR) is 145 cm³/mol. The van der Waals surface area contributed by atoms with E-state index in [1.807, 2.05) is 25.1 Å². The smallest absolute Gasteiger partial charge is 0.236 e. The number of nitrogens with zero attached hydrogens (tertiary/aromatic N) is 6. The molecule has 1 saturated heterocycles. The van der Waals surface area contributed by atoms with E-state index in [1.54, 1.807) is 12.3 Å². The van der Waals surface area contributed by atoms with Crippen LogP contribution in [0.2, 0.25) is 0 Å². The Labute approximate surface area is 225 Å². The number of hydrogen-bond acceptors (Lipinski definition) is 10. The molecule has 0 unspecified atom stereocenters. The lowest BCUT2D eigenvalue weighted by Gasteiger charge is -2.17. The lowest BCUT2D eigenvalue weighted by molar-refractivity contribution is -0.113. The van der Waals surface area contributed by atoms with Crippen LogP contribution < -0.4 is 15.4 Å². The van der Waals surface area contributed by atoms with E-state index in [2.05, 4.69) is 35.5 Å². The second-order valence-corrected chi connectivity index (χ2v) is 10.9. The highest BCUT2D eigenvalue weighted by atomic mass is 32.2. The van der Waals surface area contributed by atoms with Crippen molar-refractivity contribution in [1.29, 1.82) is 0 Å². The normalized spacial score (nSPS) is 17.7. The van der Waals surface area contributed by atoms with Crippen LogP contribution in [0.5, 0.6) is 5.88 Å². The van der Waals surface area contributed by atoms with E-state index >= 15 is 0 Å². The summed E-state index contributed by atoms with van der Waals surface area (Å²) in [4.78, 5) is 33.8. The lowest BCUT2D eigenvalue weighted by atomic mass is 10.1. The van der Waals surface area contributed by atoms with Crippen LogP contribution in [0.1, 0.15) is 17.7 Å². The Bertz CT molecular complexity index is 1290. The molecule has 0 saturated carbocycles. The number of likely N-dealkylation sites (tertiary alicyclic amines) is 1. The highest BCUT2D eigenvalue weighted by Gasteiger charge is 2.23. The highest BCUT2D eigenvalue weighted by Crippen LogP contribution is 2.27. The van der Waals surface area contributed by atoms with Gasteiger partial charge in [-0.3, -0.25) is 9.78 Å². The number of anilines is 1. The Morgan fingerprint density at radius 3 is 3.03 bits per heavy atom. The summed E-state index contributed by atoms with van der Waals surface area (Å²) in [6.45, 7) is 5.43. The molecule has 0 aliphatic carbocycles. The van der Waals surface area contributed by atoms with Crippen molar-refractivity contribution in [3.63, 3.8) is 0 Å². The van der Waals surface area contributed by atoms with Gasteiger partial charge in [-0.25, -0.2) is 19.3 Å². The molecule has 2 aliphatic heterocycles. The van der Waals surface area contributed by atoms with Gasteiger partial charge in [-0.15, -0.1) is 0 Å². The standard InChI is InChI=1S/C26H33FN8O2S/c1-34(2)9-10-37-23-4-3-21-24(33-23)19(20(27)14-29-21)6-8-35-7-5-17(15-35)11-28-12-18-13-30-26-25(31-18)32-22(36)16-38-26/h3-4,13-14,17,28H,5-12,15-16H2,1-2H3,(H,31,32,36)/t17-/m0/s1. The zero-order valence-electron chi connectivity index (χ0n) is 21.7. The van der Waals surface area contributed by atoms with E-state index in [1.165, 1.54) is 18.0 Å². The van der Waals surface area contributed by atoms with Gasteiger partial charge in [0.1, 0.15) is 17.5 Å². The van der Waals surface area contributed by atoms with Crippen LogP contribution in [0.25, 0.3) is 11.0 Å². The van der Waals surface area contributed by atoms with Crippen LogP contribution in [-0.2, 0) is 17.8 Å². The SMILES string of the molecule is CN(C)CCOc1ccc2ncc(F)c(CCN3CC[C@@H](CNCc4cnc5c(n4)NC(=O)CS5)C3)c2n1. The third kappa shape index (κ3) is 6.73. The van der Waals surface area contributed by atoms with E-state index in [0.717, 1.165) is 49.9 Å². The minimum absolute atomic E-state index is 0.0443. The van der Waals surface area contributed by atoms with Gasteiger partial charge >= 0.3 is 0 Å². The maximum Gasteiger partial charge on any atom is 0.236 e. The van der Waals surface area contributed by atoms with Crippen molar-refractivity contribution in [2.45, 2.75) is 24.4 Å². The van der Waals surface area contributed by atoms with Gasteiger partial charge in [-0.05, 0) is 52.0 Å². The van der Waals surface area contributed by atoms with Gasteiger partial charge in [0.2, 0.25) is 11.8 Å². The predicted octanol–water partition coefficient (Wildman–Crippen LogP) is 2.20. The minimum atomic E-state index is -0.325. The lowest BCUT2D eigenvalue weighted by Crippen LogP contribution is -2.28. The summed E-state index contributed by atoms with van der Waals surface area (Å²) in [6, 6.07) is 3.63. The number of aromatic nitrogens is 4. The largest absolute Gasteiger partial charge is 0.476 e. The molecule has 202 valence electrons. The van der Waals surface area contributed by atoms with Gasteiger partial charge in [0.25, 0.3) is 0 Å². The number of halogens is 1. The number of carbonyl (C=O) groups is 1. The molecule has 2 aliphatic rings. The molecule has 38 heavy (non-hydrogen) atoms. The van der Waals surface area contributed by atoms with Crippen LogP contribution in [0.15, 0.2) is 29.6 Å². The van der Waals surface area contributed by atoms with Gasteiger partial charge in [0, 0.05) is 37.8 Å². The molecule has 0 bridgehead atoms. The highest BCUT2D eigenvalue weighted by molar-refractivity contribution is 8.00. The third-order valence-electron chi connectivity index (χ3n) is 6.70. The summed E-state index contributed by atoms with van der Waals surface area (Å²) in [7, 11) is 3.97. The fraction of sp³-hybridized carbons (Fsp3) is 0.500. The summed E-state index contributed by atoms with van der Waals surface area (Å²) in [5.74, 6) is 1.56. The molecule has 5 rings (SSSR count). The number of ether oxygens (including phenoxy) is 1. The topological polar surface area (TPSA) is 108 Å². The van der Waals surface area contributed by atoms with Gasteiger partial charge in [-0.2, -0.15) is 0 Å². The fourth-order valence-electron chi connectivity index (χ4n) is 4.67. The molecule has 0 radical (unpaired) electrons. The van der Waals surface area contributed by atoms with Crippen molar-refractivity contribution in [1.82, 2.24) is 35.1 Å². The Hall–Kier alpha value is -2.93. The van der Waals surface area contributed by atoms with E-state index in [4.69, 9.17) is 4.74 Å². The van der Waals surface area contributed by atoms with Gasteiger partial charge < -0.3 is 25.2 Å². The molecule has 1 amide bonds. The van der Waals surface area contributed by atoms with Crippen LogP contribution >= 0.6 is 11.8 Å². The molecule has 3 aromatic rings. The number of hydrogen-bond donors (Lipinski definition) is 2. The third-order valence-corrected chi connectivity index (χ3v) is 7.68. The Kier molecular flexibility index (Phi) is 8.62. The van der Waals surface area contributed by atoms with Crippen molar-refractivity contribution in [3.8, 4) is 5.88 Å². The molecule has 12 heteroatoms. The molecule has 0 spiro atoms. The Balaban J connectivity index is 1.12. The molecular weight excluding hydrogens is 507 g/mol. The number of pyridine rings is 2. The molecule has 5 heterocycles. The first-order chi connectivity index (χ1) is 18.4. The van der Waals surface area contributed by atoms with E-state index in [-0.39, 0.29) is 11.7 Å². The minimum Gasteiger partial charge on any atom is -0.476 e. The molecule has 10 nitrogen and oxygen atoms in total. The Morgan fingerprint density at radius 2 is 2.16 bits per heavy atom. The zero-order valence-corrected chi connectivity index (χ0v) is 22.6. The van der Waals surface area contributed by atoms with Gasteiger partial charge in [0.15, 0.2) is 5.82 Å². The maximum atomic E-state index is 14.8. The van der Waals surface area contributed by atoms with Gasteiger partial charge in [-0.1, -0.05) is 11.8 Å². The van der Waals surface area contributed by atoms with Crippen LogP contribution in [0.3, 0.4) is 0 Å². The number of rotatable bonds is 11. The number of nitrogens with one attached hydrogen (secondary N) is 2. The number of likely N-dealkylation sites (N-methyl/N-ethyl adjacent to an activating group) is 1. The van der Waals surface area contributed by atoms with Gasteiger partial charge in [0.05, 0.1) is 34.9 Å². The number of carbonyl (C=O) groups excluding carboxylic acids is 1. The maximum absolute atomic E-state index is 14.8. The molecule has 0 aromatic carbocycles. The van der Waals surface area contributed by atoms with Crippen LogP contribution in [0.4, 0.5) is 10.2 Å².